The smallest absolute Gasteiger partial charge is 0.249 e. The summed E-state index contributed by atoms with van der Waals surface area (Å²) in [7, 11) is 0. The Morgan fingerprint density at radius 3 is 1.27 bits per heavy atom. The van der Waals surface area contributed by atoms with E-state index in [1.807, 2.05) is 11.8 Å². The van der Waals surface area contributed by atoms with Crippen LogP contribution in [0.15, 0.2) is 313 Å². The van der Waals surface area contributed by atoms with Gasteiger partial charge < -0.3 is 24.9 Å². The van der Waals surface area contributed by atoms with Crippen molar-refractivity contribution in [1.82, 2.24) is 0 Å². The first-order valence-electron chi connectivity index (χ1n) is 27.4. The van der Waals surface area contributed by atoms with E-state index in [1.54, 1.807) is 0 Å². The molecule has 12 aromatic carbocycles. The third-order valence-corrected chi connectivity index (χ3v) is 17.0. The molecule has 0 aromatic heterocycles. The van der Waals surface area contributed by atoms with Crippen molar-refractivity contribution in [3.05, 3.63) is 303 Å². The van der Waals surface area contributed by atoms with Gasteiger partial charge in [-0.05, 0) is 143 Å². The minimum Gasteiger partial charge on any atom is -0.356 e. The molecule has 0 unspecified atom stereocenters. The summed E-state index contributed by atoms with van der Waals surface area (Å²) < 4.78 is 0. The molecule has 3 heterocycles. The van der Waals surface area contributed by atoms with Crippen molar-refractivity contribution in [2.24, 2.45) is 0 Å². The lowest BCUT2D eigenvalue weighted by Gasteiger charge is -2.43. The average Bonchev–Trinajstić information content (AvgIpc) is 3.53. The average molecular weight is 1040 g/mol. The van der Waals surface area contributed by atoms with E-state index >= 15 is 0 Å². The zero-order valence-electron chi connectivity index (χ0n) is 43.7. The van der Waals surface area contributed by atoms with Gasteiger partial charge in [-0.1, -0.05) is 205 Å². The minimum absolute atomic E-state index is 0.0637. The molecule has 15 rings (SSSR count). The van der Waals surface area contributed by atoms with Gasteiger partial charge in [-0.2, -0.15) is 0 Å². The molecular weight excluding hydrogens is 989 g/mol. The Bertz CT molecular complexity index is 4120. The Morgan fingerprint density at radius 1 is 0.300 bits per heavy atom. The molecular formula is C72H51B2N5S. The Hall–Kier alpha value is -9.88. The largest absolute Gasteiger partial charge is 0.356 e. The summed E-state index contributed by atoms with van der Waals surface area (Å²) in [6, 6.07) is 111. The molecule has 12 aromatic rings. The van der Waals surface area contributed by atoms with Gasteiger partial charge in [0.2, 0.25) is 13.4 Å². The molecule has 0 fully saturated rings. The number of hydrogen-bond acceptors (Lipinski definition) is 6. The van der Waals surface area contributed by atoms with Crippen LogP contribution in [0.25, 0.3) is 0 Å². The molecule has 0 radical (unpaired) electrons. The third kappa shape index (κ3) is 8.23. The fourth-order valence-electron chi connectivity index (χ4n) is 12.5. The van der Waals surface area contributed by atoms with Crippen LogP contribution in [-0.4, -0.2) is 13.4 Å². The van der Waals surface area contributed by atoms with E-state index in [0.717, 1.165) is 68.2 Å². The first kappa shape index (κ1) is 47.3. The molecule has 0 bridgehead atoms. The number of nitrogens with one attached hydrogen (secondary N) is 1. The number of anilines is 14. The topological polar surface area (TPSA) is 25.0 Å². The first-order valence-corrected chi connectivity index (χ1v) is 28.2. The van der Waals surface area contributed by atoms with Crippen LogP contribution in [0.1, 0.15) is 0 Å². The van der Waals surface area contributed by atoms with Crippen molar-refractivity contribution in [2.45, 2.75) is 9.79 Å². The Kier molecular flexibility index (Phi) is 11.9. The van der Waals surface area contributed by atoms with Gasteiger partial charge in [-0.25, -0.2) is 0 Å². The Labute approximate surface area is 472 Å². The highest BCUT2D eigenvalue weighted by Gasteiger charge is 2.45. The molecule has 8 heteroatoms. The summed E-state index contributed by atoms with van der Waals surface area (Å²) in [5.41, 5.74) is 23.0. The SMILES string of the molecule is c1ccc(Nc2cc(N(c3ccccc3)c3ccccc3)cc3c2B(c2ccccc2)c2cc4c(cc2N3c2ccccc2)Sc2cc(N(c3ccccc3)c3ccccc3)cc3c2B4c2ccccc2N3c2ccccc2)cc1. The maximum absolute atomic E-state index is 4.05. The van der Waals surface area contributed by atoms with Crippen molar-refractivity contribution < 1.29 is 0 Å². The predicted octanol–water partition coefficient (Wildman–Crippen LogP) is 15.4. The van der Waals surface area contributed by atoms with Gasteiger partial charge in [0.05, 0.1) is 5.69 Å². The highest BCUT2D eigenvalue weighted by Crippen LogP contribution is 2.49. The van der Waals surface area contributed by atoms with Crippen molar-refractivity contribution in [2.75, 3.05) is 24.9 Å². The second-order valence-electron chi connectivity index (χ2n) is 20.5. The summed E-state index contributed by atoms with van der Waals surface area (Å²) >= 11 is 1.90. The highest BCUT2D eigenvalue weighted by molar-refractivity contribution is 8.00. The third-order valence-electron chi connectivity index (χ3n) is 15.8. The Morgan fingerprint density at radius 2 is 0.738 bits per heavy atom. The molecule has 0 atom stereocenters. The summed E-state index contributed by atoms with van der Waals surface area (Å²) in [5.74, 6) is 0. The van der Waals surface area contributed by atoms with E-state index in [4.69, 9.17) is 0 Å². The van der Waals surface area contributed by atoms with E-state index in [1.165, 1.54) is 53.9 Å². The van der Waals surface area contributed by atoms with E-state index in [2.05, 4.69) is 328 Å². The maximum atomic E-state index is 4.05. The second kappa shape index (κ2) is 20.2. The predicted molar refractivity (Wildman–Crippen MR) is 341 cm³/mol. The van der Waals surface area contributed by atoms with Crippen molar-refractivity contribution >= 4 is 138 Å². The van der Waals surface area contributed by atoms with Gasteiger partial charge >= 0.3 is 0 Å². The van der Waals surface area contributed by atoms with Crippen molar-refractivity contribution in [3.63, 3.8) is 0 Å². The first-order chi connectivity index (χ1) is 39.7. The van der Waals surface area contributed by atoms with Gasteiger partial charge in [0.1, 0.15) is 0 Å². The second-order valence-corrected chi connectivity index (χ2v) is 21.6. The molecule has 1 N–H and O–H groups in total. The summed E-state index contributed by atoms with van der Waals surface area (Å²) in [6.07, 6.45) is 0. The molecule has 0 aliphatic carbocycles. The van der Waals surface area contributed by atoms with Crippen LogP contribution in [0.3, 0.4) is 0 Å². The van der Waals surface area contributed by atoms with Crippen LogP contribution < -0.4 is 57.7 Å². The molecule has 0 amide bonds. The minimum atomic E-state index is -0.160. The van der Waals surface area contributed by atoms with Gasteiger partial charge in [0.25, 0.3) is 0 Å². The summed E-state index contributed by atoms with van der Waals surface area (Å²) in [6.45, 7) is -0.224. The number of fused-ring (bicyclic) bond motifs is 6. The molecule has 376 valence electrons. The number of benzene rings is 12. The lowest BCUT2D eigenvalue weighted by Crippen LogP contribution is -2.63. The summed E-state index contributed by atoms with van der Waals surface area (Å²) in [4.78, 5) is 12.3. The normalized spacial score (nSPS) is 12.6. The lowest BCUT2D eigenvalue weighted by molar-refractivity contribution is 1.23. The van der Waals surface area contributed by atoms with Crippen LogP contribution >= 0.6 is 11.8 Å². The molecule has 3 aliphatic heterocycles. The molecule has 3 aliphatic rings. The monoisotopic (exact) mass is 1040 g/mol. The number of para-hydroxylation sites is 8. The number of nitrogens with zero attached hydrogens (tertiary/aromatic N) is 4. The van der Waals surface area contributed by atoms with Crippen LogP contribution in [0, 0.1) is 0 Å². The molecule has 0 saturated carbocycles. The highest BCUT2D eigenvalue weighted by atomic mass is 32.2. The zero-order valence-corrected chi connectivity index (χ0v) is 44.5. The fourth-order valence-corrected chi connectivity index (χ4v) is 13.7. The molecule has 5 nitrogen and oxygen atoms in total. The van der Waals surface area contributed by atoms with Crippen LogP contribution in [-0.2, 0) is 0 Å². The van der Waals surface area contributed by atoms with Crippen molar-refractivity contribution in [3.8, 4) is 0 Å². The number of rotatable bonds is 11. The Balaban J connectivity index is 1.01. The maximum Gasteiger partial charge on any atom is 0.249 e. The van der Waals surface area contributed by atoms with Gasteiger partial charge in [-0.15, -0.1) is 0 Å². The van der Waals surface area contributed by atoms with Crippen LogP contribution in [0.5, 0.6) is 0 Å². The van der Waals surface area contributed by atoms with E-state index in [9.17, 15) is 0 Å². The van der Waals surface area contributed by atoms with Gasteiger partial charge in [0, 0.05) is 83.7 Å². The molecule has 0 saturated heterocycles. The quantitative estimate of drug-likeness (QED) is 0.130. The standard InChI is InChI=1S/C72H51B2N5S/c1-9-27-51(28-10-1)73-62-49-63-69(80-70-48-60(77(55-35-17-5-18-36-55)56-37-19-6-20-38-56)47-68-72(70)74(63)61-43-25-26-44-65(61)78(68)57-39-21-7-22-40-57)50-66(62)79(58-41-23-8-24-42-58)67-46-59(45-64(71(67)73)75-52-29-11-2-12-30-52)76(53-31-13-3-14-32-53)54-33-15-4-16-34-54/h1-50,75H. The van der Waals surface area contributed by atoms with Gasteiger partial charge in [-0.3, -0.25) is 0 Å². The molecule has 80 heavy (non-hydrogen) atoms. The molecule has 0 spiro atoms. The lowest BCUT2D eigenvalue weighted by atomic mass is 9.31. The summed E-state index contributed by atoms with van der Waals surface area (Å²) in [5, 5.41) is 4.05. The van der Waals surface area contributed by atoms with E-state index < -0.39 is 0 Å². The van der Waals surface area contributed by atoms with E-state index in [-0.39, 0.29) is 13.4 Å². The number of hydrogen-bond donors (Lipinski definition) is 1. The van der Waals surface area contributed by atoms with Gasteiger partial charge in [0.15, 0.2) is 0 Å². The van der Waals surface area contributed by atoms with Crippen LogP contribution in [0.4, 0.5) is 79.6 Å². The van der Waals surface area contributed by atoms with Crippen molar-refractivity contribution in [1.29, 1.82) is 0 Å². The fraction of sp³-hybridized carbons (Fsp3) is 0. The zero-order chi connectivity index (χ0) is 52.9. The van der Waals surface area contributed by atoms with Crippen LogP contribution in [0.2, 0.25) is 0 Å². The van der Waals surface area contributed by atoms with E-state index in [0.29, 0.717) is 0 Å².